The maximum Gasteiger partial charge on any atom is 0.274 e. The minimum atomic E-state index is -3.41. The molecule has 2 atom stereocenters. The van der Waals surface area contributed by atoms with Crippen LogP contribution in [0.4, 0.5) is 0 Å². The highest BCUT2D eigenvalue weighted by Gasteiger charge is 2.47. The standard InChI is InChI=1S/C19H21N3O4S/c1-21-18(23)10-9-17(20-21)19(24)22-13-7-8-14(22)12-16(11-13)27(25,26)15-5-3-2-4-6-15/h2-6,9-10,13-14,16H,7-8,11-12H2,1H3/t13-,14-/m1/s1. The number of carbonyl (C=O) groups is 1. The zero-order valence-corrected chi connectivity index (χ0v) is 15.8. The van der Waals surface area contributed by atoms with E-state index >= 15 is 0 Å². The fraction of sp³-hybridized carbons (Fsp3) is 0.421. The Morgan fingerprint density at radius 1 is 1.04 bits per heavy atom. The second kappa shape index (κ2) is 6.60. The Bertz CT molecular complexity index is 1020. The molecule has 1 aromatic carbocycles. The van der Waals surface area contributed by atoms with Crippen molar-refractivity contribution in [3.05, 3.63) is 58.5 Å². The Hall–Kier alpha value is -2.48. The van der Waals surface area contributed by atoms with Crippen molar-refractivity contribution in [1.82, 2.24) is 14.7 Å². The number of carbonyl (C=O) groups excluding carboxylic acids is 1. The van der Waals surface area contributed by atoms with Crippen LogP contribution in [0.5, 0.6) is 0 Å². The third kappa shape index (κ3) is 3.07. The second-order valence-corrected chi connectivity index (χ2v) is 9.46. The minimum Gasteiger partial charge on any atom is -0.331 e. The van der Waals surface area contributed by atoms with Crippen molar-refractivity contribution in [2.45, 2.75) is 47.9 Å². The molecule has 2 aromatic rings. The van der Waals surface area contributed by atoms with Crippen molar-refractivity contribution < 1.29 is 13.2 Å². The zero-order chi connectivity index (χ0) is 19.2. The molecule has 2 aliphatic heterocycles. The largest absolute Gasteiger partial charge is 0.331 e. The first-order chi connectivity index (χ1) is 12.9. The van der Waals surface area contributed by atoms with Crippen LogP contribution in [0.1, 0.15) is 36.2 Å². The second-order valence-electron chi connectivity index (χ2n) is 7.23. The van der Waals surface area contributed by atoms with E-state index in [4.69, 9.17) is 0 Å². The van der Waals surface area contributed by atoms with Gasteiger partial charge in [0.2, 0.25) is 0 Å². The van der Waals surface area contributed by atoms with Gasteiger partial charge in [0, 0.05) is 25.2 Å². The lowest BCUT2D eigenvalue weighted by Crippen LogP contribution is -2.50. The molecule has 1 aromatic heterocycles. The summed E-state index contributed by atoms with van der Waals surface area (Å²) in [5, 5.41) is 3.58. The van der Waals surface area contributed by atoms with Crippen LogP contribution in [0.25, 0.3) is 0 Å². The SMILES string of the molecule is Cn1nc(C(=O)N2[C@@H]3CC[C@@H]2CC(S(=O)(=O)c2ccccc2)C3)ccc1=O. The van der Waals surface area contributed by atoms with Crippen LogP contribution in [0.15, 0.2) is 52.2 Å². The van der Waals surface area contributed by atoms with Crippen LogP contribution in [0, 0.1) is 0 Å². The van der Waals surface area contributed by atoms with Gasteiger partial charge in [-0.3, -0.25) is 9.59 Å². The Morgan fingerprint density at radius 3 is 2.26 bits per heavy atom. The maximum absolute atomic E-state index is 13.0. The van der Waals surface area contributed by atoms with Crippen LogP contribution in [0.3, 0.4) is 0 Å². The predicted octanol–water partition coefficient (Wildman–Crippen LogP) is 1.39. The van der Waals surface area contributed by atoms with E-state index in [2.05, 4.69) is 5.10 Å². The summed E-state index contributed by atoms with van der Waals surface area (Å²) in [5.41, 5.74) is -0.0550. The third-order valence-electron chi connectivity index (χ3n) is 5.61. The van der Waals surface area contributed by atoms with Crippen LogP contribution >= 0.6 is 0 Å². The summed E-state index contributed by atoms with van der Waals surface area (Å²) in [5.74, 6) is -0.228. The van der Waals surface area contributed by atoms with Gasteiger partial charge in [0.15, 0.2) is 9.84 Å². The van der Waals surface area contributed by atoms with E-state index < -0.39 is 15.1 Å². The highest BCUT2D eigenvalue weighted by molar-refractivity contribution is 7.92. The lowest BCUT2D eigenvalue weighted by Gasteiger charge is -2.38. The van der Waals surface area contributed by atoms with Crippen molar-refractivity contribution >= 4 is 15.7 Å². The molecule has 7 nitrogen and oxygen atoms in total. The van der Waals surface area contributed by atoms with Gasteiger partial charge in [-0.25, -0.2) is 13.1 Å². The first kappa shape index (κ1) is 17.9. The number of aromatic nitrogens is 2. The molecule has 2 fully saturated rings. The molecule has 2 saturated heterocycles. The Balaban J connectivity index is 1.58. The highest BCUT2D eigenvalue weighted by atomic mass is 32.2. The van der Waals surface area contributed by atoms with Crippen LogP contribution in [0.2, 0.25) is 0 Å². The molecule has 0 N–H and O–H groups in total. The number of amides is 1. The summed E-state index contributed by atoms with van der Waals surface area (Å²) in [6, 6.07) is 11.1. The van der Waals surface area contributed by atoms with Crippen molar-refractivity contribution in [3.63, 3.8) is 0 Å². The number of piperidine rings is 1. The van der Waals surface area contributed by atoms with E-state index in [0.717, 1.165) is 17.5 Å². The number of rotatable bonds is 3. The number of hydrogen-bond acceptors (Lipinski definition) is 5. The molecule has 0 saturated carbocycles. The number of aryl methyl sites for hydroxylation is 1. The normalized spacial score (nSPS) is 24.8. The average molecular weight is 387 g/mol. The minimum absolute atomic E-state index is 0.112. The molecule has 0 aliphatic carbocycles. The molecule has 0 unspecified atom stereocenters. The first-order valence-corrected chi connectivity index (χ1v) is 10.6. The summed E-state index contributed by atoms with van der Waals surface area (Å²) >= 11 is 0. The molecule has 0 radical (unpaired) electrons. The van der Waals surface area contributed by atoms with E-state index in [1.807, 2.05) is 0 Å². The van der Waals surface area contributed by atoms with Crippen molar-refractivity contribution in [2.75, 3.05) is 0 Å². The predicted molar refractivity (Wildman–Crippen MR) is 99.1 cm³/mol. The van der Waals surface area contributed by atoms with Gasteiger partial charge in [-0.2, -0.15) is 5.10 Å². The molecule has 8 heteroatoms. The molecule has 4 rings (SSSR count). The highest BCUT2D eigenvalue weighted by Crippen LogP contribution is 2.40. The lowest BCUT2D eigenvalue weighted by atomic mass is 10.0. The molecule has 3 heterocycles. The van der Waals surface area contributed by atoms with Gasteiger partial charge >= 0.3 is 0 Å². The molecular weight excluding hydrogens is 366 g/mol. The average Bonchev–Trinajstić information content (AvgIpc) is 2.93. The van der Waals surface area contributed by atoms with E-state index in [9.17, 15) is 18.0 Å². The monoisotopic (exact) mass is 387 g/mol. The third-order valence-corrected chi connectivity index (χ3v) is 7.81. The smallest absolute Gasteiger partial charge is 0.274 e. The van der Waals surface area contributed by atoms with Gasteiger partial charge in [0.1, 0.15) is 5.69 Å². The number of sulfone groups is 1. The summed E-state index contributed by atoms with van der Waals surface area (Å²) in [6.45, 7) is 0. The van der Waals surface area contributed by atoms with Gasteiger partial charge in [-0.1, -0.05) is 18.2 Å². The molecule has 2 bridgehead atoms. The number of benzene rings is 1. The summed E-state index contributed by atoms with van der Waals surface area (Å²) in [4.78, 5) is 26.6. The van der Waals surface area contributed by atoms with Gasteiger partial charge < -0.3 is 4.90 Å². The Kier molecular flexibility index (Phi) is 4.38. The van der Waals surface area contributed by atoms with Crippen LogP contribution < -0.4 is 5.56 Å². The zero-order valence-electron chi connectivity index (χ0n) is 15.0. The van der Waals surface area contributed by atoms with E-state index in [0.29, 0.717) is 17.7 Å². The molecule has 2 aliphatic rings. The van der Waals surface area contributed by atoms with Gasteiger partial charge in [0.05, 0.1) is 10.1 Å². The molecule has 1 amide bonds. The molecule has 27 heavy (non-hydrogen) atoms. The van der Waals surface area contributed by atoms with Crippen LogP contribution in [-0.4, -0.2) is 46.3 Å². The van der Waals surface area contributed by atoms with Crippen molar-refractivity contribution in [1.29, 1.82) is 0 Å². The molecular formula is C19H21N3O4S. The van der Waals surface area contributed by atoms with Gasteiger partial charge in [-0.05, 0) is 43.9 Å². The van der Waals surface area contributed by atoms with E-state index in [1.54, 1.807) is 35.2 Å². The Morgan fingerprint density at radius 2 is 1.67 bits per heavy atom. The maximum atomic E-state index is 13.0. The van der Waals surface area contributed by atoms with Gasteiger partial charge in [0.25, 0.3) is 11.5 Å². The van der Waals surface area contributed by atoms with E-state index in [-0.39, 0.29) is 29.2 Å². The van der Waals surface area contributed by atoms with Crippen molar-refractivity contribution in [2.24, 2.45) is 7.05 Å². The van der Waals surface area contributed by atoms with Crippen molar-refractivity contribution in [3.8, 4) is 0 Å². The molecule has 142 valence electrons. The fourth-order valence-electron chi connectivity index (χ4n) is 4.26. The lowest BCUT2D eigenvalue weighted by molar-refractivity contribution is 0.0589. The van der Waals surface area contributed by atoms with Gasteiger partial charge in [-0.15, -0.1) is 0 Å². The fourth-order valence-corrected chi connectivity index (χ4v) is 6.14. The number of fused-ring (bicyclic) bond motifs is 2. The molecule has 0 spiro atoms. The Labute approximate surface area is 157 Å². The summed E-state index contributed by atoms with van der Waals surface area (Å²) < 4.78 is 27.1. The van der Waals surface area contributed by atoms with Crippen LogP contribution in [-0.2, 0) is 16.9 Å². The number of nitrogens with zero attached hydrogens (tertiary/aromatic N) is 3. The van der Waals surface area contributed by atoms with E-state index in [1.165, 1.54) is 19.2 Å². The topological polar surface area (TPSA) is 89.3 Å². The first-order valence-electron chi connectivity index (χ1n) is 9.04. The number of hydrogen-bond donors (Lipinski definition) is 0. The summed E-state index contributed by atoms with van der Waals surface area (Å²) in [6.07, 6.45) is 2.46. The summed E-state index contributed by atoms with van der Waals surface area (Å²) in [7, 11) is -1.91. The quantitative estimate of drug-likeness (QED) is 0.794.